The molecule has 4 unspecified atom stereocenters. The van der Waals surface area contributed by atoms with Crippen molar-refractivity contribution in [2.24, 2.45) is 17.2 Å². The number of anilines is 1. The number of ether oxygens (including phenoxy) is 8. The van der Waals surface area contributed by atoms with Gasteiger partial charge in [-0.1, -0.05) is 36.4 Å². The second-order valence-corrected chi connectivity index (χ2v) is 19.8. The minimum atomic E-state index is -2.43. The number of carbonyl (C=O) groups is 5. The number of amides is 4. The van der Waals surface area contributed by atoms with E-state index in [0.29, 0.717) is 57.3 Å². The lowest BCUT2D eigenvalue weighted by atomic mass is 9.40. The van der Waals surface area contributed by atoms with E-state index in [2.05, 4.69) is 10.6 Å². The Bertz CT molecular complexity index is 2610. The predicted molar refractivity (Wildman–Crippen MR) is 251 cm³/mol. The molecule has 0 bridgehead atoms. The molecule has 6 fully saturated rings. The normalized spacial score (nSPS) is 36.1. The highest BCUT2D eigenvalue weighted by molar-refractivity contribution is 6.13. The summed E-state index contributed by atoms with van der Waals surface area (Å²) < 4.78 is 82.2. The first-order valence-electron chi connectivity index (χ1n) is 24.5. The second-order valence-electron chi connectivity index (χ2n) is 19.8. The molecule has 3 saturated heterocycles. The van der Waals surface area contributed by atoms with Gasteiger partial charge in [-0.05, 0) is 47.9 Å². The Morgan fingerprint density at radius 2 is 1.47 bits per heavy atom. The van der Waals surface area contributed by atoms with Crippen LogP contribution in [0.3, 0.4) is 0 Å². The average Bonchev–Trinajstić information content (AvgIpc) is 3.90. The topological polar surface area (TPSA) is 285 Å². The van der Waals surface area contributed by atoms with Crippen LogP contribution in [0.2, 0.25) is 0 Å². The average molecular weight is 1020 g/mol. The van der Waals surface area contributed by atoms with Crippen LogP contribution < -0.4 is 27.8 Å². The summed E-state index contributed by atoms with van der Waals surface area (Å²) in [5.41, 5.74) is 11.2. The van der Waals surface area contributed by atoms with Gasteiger partial charge in [0.2, 0.25) is 11.8 Å². The molecule has 9 N–H and O–H groups in total. The molecule has 11 atom stereocenters. The van der Waals surface area contributed by atoms with E-state index in [9.17, 15) is 29.1 Å². The van der Waals surface area contributed by atoms with Gasteiger partial charge in [0.15, 0.2) is 29.1 Å². The smallest absolute Gasteiger partial charge is 0.253 e. The zero-order chi connectivity index (χ0) is 51.4. The molecule has 4 aliphatic heterocycles. The summed E-state index contributed by atoms with van der Waals surface area (Å²) >= 11 is 0. The fourth-order valence-corrected chi connectivity index (χ4v) is 12.5. The van der Waals surface area contributed by atoms with Gasteiger partial charge in [0.25, 0.3) is 11.8 Å². The third kappa shape index (κ3) is 8.04. The van der Waals surface area contributed by atoms with Crippen molar-refractivity contribution >= 4 is 35.1 Å². The van der Waals surface area contributed by atoms with Crippen molar-refractivity contribution in [2.75, 3.05) is 77.9 Å². The molecular formula is C51H60F2N6O14. The van der Waals surface area contributed by atoms with Crippen molar-refractivity contribution in [2.45, 2.75) is 102 Å². The van der Waals surface area contributed by atoms with Gasteiger partial charge in [-0.2, -0.15) is 0 Å². The van der Waals surface area contributed by atoms with E-state index in [1.807, 2.05) is 42.5 Å². The van der Waals surface area contributed by atoms with Crippen LogP contribution in [-0.4, -0.2) is 170 Å². The molecule has 0 radical (unpaired) electrons. The maximum atomic E-state index is 18.0. The van der Waals surface area contributed by atoms with Crippen LogP contribution in [0, 0.1) is 0 Å². The quantitative estimate of drug-likeness (QED) is 0.0654. The number of nitrogens with zero attached hydrogens (tertiary/aromatic N) is 1. The third-order valence-corrected chi connectivity index (χ3v) is 15.8. The molecule has 4 amide bonds. The van der Waals surface area contributed by atoms with Gasteiger partial charge >= 0.3 is 0 Å². The molecule has 4 heterocycles. The summed E-state index contributed by atoms with van der Waals surface area (Å²) in [7, 11) is 0. The number of nitrogens with one attached hydrogen (secondary N) is 2. The first kappa shape index (κ1) is 51.3. The van der Waals surface area contributed by atoms with Crippen molar-refractivity contribution in [3.05, 3.63) is 101 Å². The number of aliphatic hydroxyl groups excluding tert-OH is 1. The number of nitrogens with two attached hydrogens (primary N) is 3. The Balaban J connectivity index is 0.634. The minimum absolute atomic E-state index is 0.0170. The highest BCUT2D eigenvalue weighted by atomic mass is 19.1. The molecule has 0 aromatic heterocycles. The molecule has 3 spiro atoms. The summed E-state index contributed by atoms with van der Waals surface area (Å²) in [6.45, 7) is 2.26. The Morgan fingerprint density at radius 1 is 0.781 bits per heavy atom. The largest absolute Gasteiger partial charge is 0.394 e. The Kier molecular flexibility index (Phi) is 13.7. The number of fused-ring (bicyclic) bond motifs is 1. The van der Waals surface area contributed by atoms with Crippen molar-refractivity contribution in [3.63, 3.8) is 0 Å². The number of imide groups is 1. The van der Waals surface area contributed by atoms with Gasteiger partial charge in [-0.15, -0.1) is 0 Å². The number of benzene rings is 2. The van der Waals surface area contributed by atoms with Crippen LogP contribution in [0.1, 0.15) is 55.1 Å². The number of rotatable bonds is 23. The van der Waals surface area contributed by atoms with Crippen molar-refractivity contribution in [1.82, 2.24) is 10.2 Å². The first-order valence-corrected chi connectivity index (χ1v) is 24.5. The van der Waals surface area contributed by atoms with Crippen LogP contribution in [0.25, 0.3) is 0 Å². The number of hydrogen-bond donors (Lipinski definition) is 6. The number of aliphatic hydroxyl groups is 1. The van der Waals surface area contributed by atoms with E-state index in [4.69, 9.17) is 55.1 Å². The maximum Gasteiger partial charge on any atom is 0.253 e. The molecule has 8 aliphatic rings. The molecular weight excluding hydrogens is 959 g/mol. The van der Waals surface area contributed by atoms with E-state index in [0.717, 1.165) is 28.2 Å². The van der Waals surface area contributed by atoms with E-state index >= 15 is 8.78 Å². The standard InChI is InChI=1S/C51H60F2N6O14/c52-37-27-46(54)47(55)30-49(56)51(39(29-60)71-48(47,51)28-38-50(46,53)45(70-38)13-10-35(61)26-36(37)45)73-44(72-49)33-6-4-31(5-7-33)24-32-2-1-3-34(25-32)58-41(63)12-16-66-18-20-68-22-23-69-21-19-67-17-14-57-40(62)11-15-59-42(64)8-9-43(59)65/h1-10,13,25-26,37-39,44,60H,11-12,14-24,27-30,54-56H2,(H,57,62)(H,58,63)/t37-,38-,39?,44+,45?,46?,47+,48+,49?,50-,51-/m0/s1. The highest BCUT2D eigenvalue weighted by Gasteiger charge is 3.00. The molecule has 20 nitrogen and oxygen atoms in total. The van der Waals surface area contributed by atoms with E-state index < -0.39 is 94.6 Å². The van der Waals surface area contributed by atoms with Gasteiger partial charge in [-0.25, -0.2) is 8.78 Å². The third-order valence-electron chi connectivity index (χ3n) is 15.8. The number of ketones is 1. The Morgan fingerprint density at radius 3 is 2.16 bits per heavy atom. The summed E-state index contributed by atoms with van der Waals surface area (Å²) in [6, 6.07) is 15.0. The molecule has 3 saturated carbocycles. The van der Waals surface area contributed by atoms with Crippen molar-refractivity contribution in [3.8, 4) is 0 Å². The second kappa shape index (κ2) is 19.5. The van der Waals surface area contributed by atoms with E-state index in [1.165, 1.54) is 18.2 Å². The van der Waals surface area contributed by atoms with Crippen molar-refractivity contribution in [1.29, 1.82) is 0 Å². The minimum Gasteiger partial charge on any atom is -0.394 e. The van der Waals surface area contributed by atoms with Crippen LogP contribution >= 0.6 is 0 Å². The molecule has 2 aromatic rings. The Labute approximate surface area is 418 Å². The number of alkyl halides is 2. The number of carbonyl (C=O) groups excluding carboxylic acids is 5. The van der Waals surface area contributed by atoms with Gasteiger partial charge in [-0.3, -0.25) is 28.9 Å². The lowest BCUT2D eigenvalue weighted by Crippen LogP contribution is -3.01. The maximum absolute atomic E-state index is 18.0. The molecule has 10 rings (SSSR count). The van der Waals surface area contributed by atoms with Crippen molar-refractivity contribution < 1.29 is 75.8 Å². The Hall–Kier alpha value is -5.21. The fraction of sp³-hybridized carbons (Fsp3) is 0.549. The van der Waals surface area contributed by atoms with Crippen LogP contribution in [0.5, 0.6) is 0 Å². The van der Waals surface area contributed by atoms with Crippen LogP contribution in [0.15, 0.2) is 84.5 Å². The van der Waals surface area contributed by atoms with E-state index in [1.54, 1.807) is 6.07 Å². The summed E-state index contributed by atoms with van der Waals surface area (Å²) in [5.74, 6) is -1.82. The zero-order valence-corrected chi connectivity index (χ0v) is 40.0. The van der Waals surface area contributed by atoms with Gasteiger partial charge in [0, 0.05) is 67.7 Å². The molecule has 392 valence electrons. The predicted octanol–water partition coefficient (Wildman–Crippen LogP) is 0.528. The van der Waals surface area contributed by atoms with Crippen LogP contribution in [0.4, 0.5) is 14.5 Å². The zero-order valence-electron chi connectivity index (χ0n) is 40.0. The lowest BCUT2D eigenvalue weighted by molar-refractivity contribution is -0.438. The molecule has 73 heavy (non-hydrogen) atoms. The van der Waals surface area contributed by atoms with Gasteiger partial charge < -0.3 is 70.8 Å². The number of allylic oxidation sites excluding steroid dienone is 2. The monoisotopic (exact) mass is 1020 g/mol. The number of hydrogen-bond acceptors (Lipinski definition) is 17. The summed E-state index contributed by atoms with van der Waals surface area (Å²) in [5, 5.41) is 16.2. The SMILES string of the molecule is NC12C[C@H](F)C3=CC(=O)C=CC34O[C@@H](C[C@]35OC(CO)[C@]36O[C@H](c3ccc(Cc7cccc(NC(=O)CCOCCOCCOCCOCCNC(=O)CCN8C(=O)C=CC8=O)c7)cc3)OC6(N)C[C@@]15N)[C@]42F. The van der Waals surface area contributed by atoms with Gasteiger partial charge in [0.1, 0.15) is 29.6 Å². The first-order chi connectivity index (χ1) is 35.0. The van der Waals surface area contributed by atoms with Gasteiger partial charge in [0.05, 0.1) is 77.0 Å². The lowest BCUT2D eigenvalue weighted by Gasteiger charge is -2.79. The molecule has 4 aliphatic carbocycles. The molecule has 22 heteroatoms. The highest BCUT2D eigenvalue weighted by Crippen LogP contribution is 2.79. The fourth-order valence-electron chi connectivity index (χ4n) is 12.5. The van der Waals surface area contributed by atoms with E-state index in [-0.39, 0.29) is 69.4 Å². The van der Waals surface area contributed by atoms with Crippen LogP contribution in [-0.2, 0) is 68.3 Å². The summed E-state index contributed by atoms with van der Waals surface area (Å²) in [6.07, 6.45) is 0.295. The molecule has 2 aromatic carbocycles. The number of halogens is 2. The summed E-state index contributed by atoms with van der Waals surface area (Å²) in [4.78, 5) is 61.0.